The Morgan fingerprint density at radius 2 is 1.48 bits per heavy atom. The van der Waals surface area contributed by atoms with Crippen molar-refractivity contribution in [1.82, 2.24) is 9.80 Å². The van der Waals surface area contributed by atoms with Crippen molar-refractivity contribution in [1.29, 1.82) is 0 Å². The molecule has 2 aromatic carbocycles. The second-order valence-electron chi connectivity index (χ2n) is 6.11. The van der Waals surface area contributed by atoms with Crippen LogP contribution in [0.4, 0.5) is 0 Å². The van der Waals surface area contributed by atoms with Gasteiger partial charge in [-0.1, -0.05) is 17.7 Å². The third-order valence-corrected chi connectivity index (χ3v) is 4.58. The summed E-state index contributed by atoms with van der Waals surface area (Å²) in [6.07, 6.45) is 0. The molecule has 25 heavy (non-hydrogen) atoms. The molecular weight excluding hydrogens is 340 g/mol. The minimum atomic E-state index is -0.212. The number of phenolic OH excluding ortho intramolecular Hbond substituents is 1. The number of aryl methyl sites for hydroxylation is 1. The van der Waals surface area contributed by atoms with Gasteiger partial charge in [0.15, 0.2) is 0 Å². The van der Waals surface area contributed by atoms with Crippen molar-refractivity contribution in [2.24, 2.45) is 0 Å². The first-order chi connectivity index (χ1) is 12.0. The SMILES string of the molecule is Cc1ccc(C(=O)N2CCN(C(=O)c3ccc(Cl)cc3)CC2)c(O)c1. The lowest BCUT2D eigenvalue weighted by Crippen LogP contribution is -2.50. The van der Waals surface area contributed by atoms with Gasteiger partial charge in [-0.3, -0.25) is 9.59 Å². The van der Waals surface area contributed by atoms with Crippen molar-refractivity contribution < 1.29 is 14.7 Å². The lowest BCUT2D eigenvalue weighted by atomic mass is 10.1. The van der Waals surface area contributed by atoms with Gasteiger partial charge < -0.3 is 14.9 Å². The van der Waals surface area contributed by atoms with E-state index in [1.807, 2.05) is 6.92 Å². The number of amides is 2. The van der Waals surface area contributed by atoms with Crippen LogP contribution >= 0.6 is 11.6 Å². The van der Waals surface area contributed by atoms with E-state index in [9.17, 15) is 14.7 Å². The minimum Gasteiger partial charge on any atom is -0.507 e. The molecule has 1 fully saturated rings. The van der Waals surface area contributed by atoms with E-state index >= 15 is 0 Å². The zero-order chi connectivity index (χ0) is 18.0. The molecule has 1 N–H and O–H groups in total. The van der Waals surface area contributed by atoms with Crippen LogP contribution in [0.5, 0.6) is 5.75 Å². The topological polar surface area (TPSA) is 60.9 Å². The number of piperazine rings is 1. The normalized spacial score (nSPS) is 14.5. The van der Waals surface area contributed by atoms with Gasteiger partial charge in [0.2, 0.25) is 0 Å². The summed E-state index contributed by atoms with van der Waals surface area (Å²) >= 11 is 5.85. The first-order valence-corrected chi connectivity index (χ1v) is 8.47. The first kappa shape index (κ1) is 17.3. The Hall–Kier alpha value is -2.53. The van der Waals surface area contributed by atoms with Gasteiger partial charge >= 0.3 is 0 Å². The molecule has 0 aromatic heterocycles. The summed E-state index contributed by atoms with van der Waals surface area (Å²) in [6.45, 7) is 3.64. The summed E-state index contributed by atoms with van der Waals surface area (Å²) in [6, 6.07) is 11.8. The molecule has 3 rings (SSSR count). The Morgan fingerprint density at radius 1 is 0.920 bits per heavy atom. The molecule has 1 aliphatic heterocycles. The number of rotatable bonds is 2. The van der Waals surface area contributed by atoms with Gasteiger partial charge in [-0.2, -0.15) is 0 Å². The molecule has 0 radical (unpaired) electrons. The van der Waals surface area contributed by atoms with E-state index in [1.54, 1.807) is 52.3 Å². The number of carbonyl (C=O) groups is 2. The van der Waals surface area contributed by atoms with Crippen LogP contribution in [0.3, 0.4) is 0 Å². The molecule has 2 amide bonds. The maximum atomic E-state index is 12.6. The van der Waals surface area contributed by atoms with E-state index in [2.05, 4.69) is 0 Å². The Morgan fingerprint density at radius 3 is 2.04 bits per heavy atom. The predicted octanol–water partition coefficient (Wildman–Crippen LogP) is 2.95. The molecule has 1 saturated heterocycles. The summed E-state index contributed by atoms with van der Waals surface area (Å²) < 4.78 is 0. The standard InChI is InChI=1S/C19H19ClN2O3/c1-13-2-7-16(17(23)12-13)19(25)22-10-8-21(9-11-22)18(24)14-3-5-15(20)6-4-14/h2-7,12,23H,8-11H2,1H3. The third-order valence-electron chi connectivity index (χ3n) is 4.33. The molecular formula is C19H19ClN2O3. The number of halogens is 1. The van der Waals surface area contributed by atoms with Crippen molar-refractivity contribution in [3.8, 4) is 5.75 Å². The second-order valence-corrected chi connectivity index (χ2v) is 6.55. The average Bonchev–Trinajstić information content (AvgIpc) is 2.61. The van der Waals surface area contributed by atoms with E-state index in [0.717, 1.165) is 5.56 Å². The summed E-state index contributed by atoms with van der Waals surface area (Å²) in [5, 5.41) is 10.6. The van der Waals surface area contributed by atoms with Crippen LogP contribution < -0.4 is 0 Å². The third kappa shape index (κ3) is 3.77. The summed E-state index contributed by atoms with van der Waals surface area (Å²) in [5.41, 5.74) is 1.77. The van der Waals surface area contributed by atoms with Crippen LogP contribution in [0, 0.1) is 6.92 Å². The molecule has 0 saturated carbocycles. The van der Waals surface area contributed by atoms with E-state index in [4.69, 9.17) is 11.6 Å². The quantitative estimate of drug-likeness (QED) is 0.897. The van der Waals surface area contributed by atoms with E-state index < -0.39 is 0 Å². The van der Waals surface area contributed by atoms with Gasteiger partial charge in [0.05, 0.1) is 5.56 Å². The number of nitrogens with zero attached hydrogens (tertiary/aromatic N) is 2. The first-order valence-electron chi connectivity index (χ1n) is 8.09. The average molecular weight is 359 g/mol. The maximum Gasteiger partial charge on any atom is 0.257 e. The van der Waals surface area contributed by atoms with Crippen LogP contribution in [-0.2, 0) is 0 Å². The second kappa shape index (κ2) is 7.15. The van der Waals surface area contributed by atoms with Crippen LogP contribution in [0.15, 0.2) is 42.5 Å². The fraction of sp³-hybridized carbons (Fsp3) is 0.263. The number of phenols is 1. The molecule has 2 aromatic rings. The number of carbonyl (C=O) groups excluding carboxylic acids is 2. The van der Waals surface area contributed by atoms with Gasteiger partial charge in [0.1, 0.15) is 5.75 Å². The number of benzene rings is 2. The van der Waals surface area contributed by atoms with E-state index in [0.29, 0.717) is 42.3 Å². The Labute approximate surface area is 151 Å². The number of hydrogen-bond donors (Lipinski definition) is 1. The highest BCUT2D eigenvalue weighted by molar-refractivity contribution is 6.30. The van der Waals surface area contributed by atoms with E-state index in [1.165, 1.54) is 0 Å². The van der Waals surface area contributed by atoms with Gasteiger partial charge in [0, 0.05) is 36.8 Å². The van der Waals surface area contributed by atoms with Crippen LogP contribution in [0.2, 0.25) is 5.02 Å². The molecule has 0 bridgehead atoms. The van der Waals surface area contributed by atoms with Crippen LogP contribution in [0.25, 0.3) is 0 Å². The lowest BCUT2D eigenvalue weighted by Gasteiger charge is -2.35. The van der Waals surface area contributed by atoms with Gasteiger partial charge in [-0.15, -0.1) is 0 Å². The smallest absolute Gasteiger partial charge is 0.257 e. The maximum absolute atomic E-state index is 12.6. The molecule has 5 nitrogen and oxygen atoms in total. The minimum absolute atomic E-state index is 0.00956. The Balaban J connectivity index is 1.64. The molecule has 0 unspecified atom stereocenters. The van der Waals surface area contributed by atoms with Crippen molar-refractivity contribution in [3.05, 3.63) is 64.2 Å². The number of hydrogen-bond acceptors (Lipinski definition) is 3. The number of aromatic hydroxyl groups is 1. The van der Waals surface area contributed by atoms with Crippen LogP contribution in [-0.4, -0.2) is 52.9 Å². The Bertz CT molecular complexity index is 797. The highest BCUT2D eigenvalue weighted by atomic mass is 35.5. The fourth-order valence-electron chi connectivity index (χ4n) is 2.88. The van der Waals surface area contributed by atoms with Crippen molar-refractivity contribution in [3.63, 3.8) is 0 Å². The molecule has 0 spiro atoms. The molecule has 1 heterocycles. The van der Waals surface area contributed by atoms with E-state index in [-0.39, 0.29) is 17.6 Å². The summed E-state index contributed by atoms with van der Waals surface area (Å²) in [7, 11) is 0. The highest BCUT2D eigenvalue weighted by Crippen LogP contribution is 2.21. The monoisotopic (exact) mass is 358 g/mol. The molecule has 1 aliphatic rings. The van der Waals surface area contributed by atoms with Crippen molar-refractivity contribution in [2.75, 3.05) is 26.2 Å². The van der Waals surface area contributed by atoms with Gasteiger partial charge in [0.25, 0.3) is 11.8 Å². The largest absolute Gasteiger partial charge is 0.507 e. The highest BCUT2D eigenvalue weighted by Gasteiger charge is 2.26. The summed E-state index contributed by atoms with van der Waals surface area (Å²) in [5.74, 6) is -0.289. The molecule has 6 heteroatoms. The zero-order valence-corrected chi connectivity index (χ0v) is 14.7. The fourth-order valence-corrected chi connectivity index (χ4v) is 3.01. The van der Waals surface area contributed by atoms with Crippen LogP contribution in [0.1, 0.15) is 26.3 Å². The molecule has 130 valence electrons. The zero-order valence-electron chi connectivity index (χ0n) is 13.9. The lowest BCUT2D eigenvalue weighted by molar-refractivity contribution is 0.0533. The van der Waals surface area contributed by atoms with Gasteiger partial charge in [-0.25, -0.2) is 0 Å². The Kier molecular flexibility index (Phi) is 4.95. The van der Waals surface area contributed by atoms with Crippen molar-refractivity contribution in [2.45, 2.75) is 6.92 Å². The van der Waals surface area contributed by atoms with Crippen molar-refractivity contribution >= 4 is 23.4 Å². The molecule has 0 aliphatic carbocycles. The molecule has 0 atom stereocenters. The van der Waals surface area contributed by atoms with Gasteiger partial charge in [-0.05, 0) is 48.9 Å². The predicted molar refractivity (Wildman–Crippen MR) is 96.1 cm³/mol. The summed E-state index contributed by atoms with van der Waals surface area (Å²) in [4.78, 5) is 28.4.